The van der Waals surface area contributed by atoms with Crippen molar-refractivity contribution in [1.29, 1.82) is 0 Å². The van der Waals surface area contributed by atoms with Crippen molar-refractivity contribution in [3.05, 3.63) is 70.8 Å². The lowest BCUT2D eigenvalue weighted by Gasteiger charge is -2.09. The summed E-state index contributed by atoms with van der Waals surface area (Å²) in [7, 11) is 0. The van der Waals surface area contributed by atoms with Gasteiger partial charge in [-0.3, -0.25) is 4.79 Å². The molecule has 0 aliphatic carbocycles. The van der Waals surface area contributed by atoms with Crippen LogP contribution in [0.1, 0.15) is 51.6 Å². The van der Waals surface area contributed by atoms with E-state index in [4.69, 9.17) is 5.11 Å². The first-order valence-electron chi connectivity index (χ1n) is 9.20. The highest BCUT2D eigenvalue weighted by molar-refractivity contribution is 5.94. The molecular weight excluding hydrogens is 358 g/mol. The number of carbonyl (C=O) groups is 3. The minimum atomic E-state index is -0.985. The number of urea groups is 1. The normalized spacial score (nSPS) is 10.2. The van der Waals surface area contributed by atoms with Crippen molar-refractivity contribution in [1.82, 2.24) is 16.0 Å². The number of unbranched alkanes of at least 4 members (excludes halogenated alkanes) is 1. The lowest BCUT2D eigenvalue weighted by molar-refractivity contribution is 0.0696. The molecule has 0 fully saturated rings. The fraction of sp³-hybridized carbons (Fsp3) is 0.286. The van der Waals surface area contributed by atoms with Gasteiger partial charge >= 0.3 is 12.0 Å². The lowest BCUT2D eigenvalue weighted by atomic mass is 10.1. The lowest BCUT2D eigenvalue weighted by Crippen LogP contribution is -2.34. The molecule has 0 unspecified atom stereocenters. The molecule has 0 saturated heterocycles. The molecule has 0 bridgehead atoms. The average Bonchev–Trinajstić information content (AvgIpc) is 2.71. The predicted octanol–water partition coefficient (Wildman–Crippen LogP) is 2.91. The molecule has 0 aromatic heterocycles. The largest absolute Gasteiger partial charge is 0.478 e. The minimum Gasteiger partial charge on any atom is -0.478 e. The number of carbonyl (C=O) groups excluding carboxylic acids is 2. The van der Waals surface area contributed by atoms with Gasteiger partial charge in [0.1, 0.15) is 0 Å². The maximum absolute atomic E-state index is 12.0. The molecule has 28 heavy (non-hydrogen) atoms. The molecule has 4 N–H and O–H groups in total. The van der Waals surface area contributed by atoms with Crippen molar-refractivity contribution in [2.75, 3.05) is 6.54 Å². The summed E-state index contributed by atoms with van der Waals surface area (Å²) >= 11 is 0. The molecule has 0 radical (unpaired) electrons. The van der Waals surface area contributed by atoms with E-state index in [2.05, 4.69) is 22.9 Å². The van der Waals surface area contributed by atoms with E-state index >= 15 is 0 Å². The van der Waals surface area contributed by atoms with Crippen LogP contribution in [-0.2, 0) is 13.1 Å². The Hall–Kier alpha value is -3.35. The molecule has 0 aliphatic heterocycles. The second-order valence-corrected chi connectivity index (χ2v) is 6.34. The predicted molar refractivity (Wildman–Crippen MR) is 106 cm³/mol. The molecule has 0 heterocycles. The average molecular weight is 383 g/mol. The van der Waals surface area contributed by atoms with E-state index in [9.17, 15) is 14.4 Å². The van der Waals surface area contributed by atoms with Crippen LogP contribution in [0, 0.1) is 0 Å². The van der Waals surface area contributed by atoms with Gasteiger partial charge in [0.2, 0.25) is 0 Å². The monoisotopic (exact) mass is 383 g/mol. The molecule has 148 valence electrons. The number of nitrogens with one attached hydrogen (secondary N) is 3. The number of carboxylic acids is 1. The van der Waals surface area contributed by atoms with E-state index in [1.807, 2.05) is 0 Å². The van der Waals surface area contributed by atoms with E-state index in [0.717, 1.165) is 24.0 Å². The molecular formula is C21H25N3O4. The van der Waals surface area contributed by atoms with Crippen LogP contribution in [0.2, 0.25) is 0 Å². The van der Waals surface area contributed by atoms with Gasteiger partial charge in [-0.2, -0.15) is 0 Å². The molecule has 2 aromatic rings. The Balaban J connectivity index is 1.74. The Morgan fingerprint density at radius 3 is 1.75 bits per heavy atom. The topological polar surface area (TPSA) is 108 Å². The zero-order chi connectivity index (χ0) is 20.4. The summed E-state index contributed by atoms with van der Waals surface area (Å²) in [4.78, 5) is 34.7. The summed E-state index contributed by atoms with van der Waals surface area (Å²) in [5.74, 6) is -1.08. The molecule has 3 amide bonds. The number of carboxylic acid groups (broad SMARTS) is 1. The number of aromatic carboxylic acids is 1. The van der Waals surface area contributed by atoms with Crippen LogP contribution in [0.4, 0.5) is 4.79 Å². The van der Waals surface area contributed by atoms with Crippen LogP contribution in [0.5, 0.6) is 0 Å². The third-order valence-electron chi connectivity index (χ3n) is 4.14. The first-order valence-corrected chi connectivity index (χ1v) is 9.20. The van der Waals surface area contributed by atoms with E-state index in [1.165, 1.54) is 12.1 Å². The van der Waals surface area contributed by atoms with Gasteiger partial charge in [-0.05, 0) is 41.8 Å². The zero-order valence-electron chi connectivity index (χ0n) is 15.8. The van der Waals surface area contributed by atoms with Crippen molar-refractivity contribution in [2.24, 2.45) is 0 Å². The maximum Gasteiger partial charge on any atom is 0.335 e. The van der Waals surface area contributed by atoms with Crippen LogP contribution in [0.15, 0.2) is 48.5 Å². The second kappa shape index (κ2) is 10.7. The van der Waals surface area contributed by atoms with Crippen LogP contribution >= 0.6 is 0 Å². The SMILES string of the molecule is CCCCNC(=O)c1ccc(CNC(=O)NCc2ccc(C(=O)O)cc2)cc1. The van der Waals surface area contributed by atoms with Gasteiger partial charge in [0, 0.05) is 25.2 Å². The molecule has 7 nitrogen and oxygen atoms in total. The van der Waals surface area contributed by atoms with E-state index < -0.39 is 5.97 Å². The fourth-order valence-corrected chi connectivity index (χ4v) is 2.45. The van der Waals surface area contributed by atoms with Crippen molar-refractivity contribution in [2.45, 2.75) is 32.9 Å². The van der Waals surface area contributed by atoms with Crippen molar-refractivity contribution in [3.8, 4) is 0 Å². The first-order chi connectivity index (χ1) is 13.5. The molecule has 0 aliphatic rings. The summed E-state index contributed by atoms with van der Waals surface area (Å²) in [6.07, 6.45) is 1.98. The third kappa shape index (κ3) is 6.75. The van der Waals surface area contributed by atoms with Crippen LogP contribution in [0.25, 0.3) is 0 Å². The summed E-state index contributed by atoms with van der Waals surface area (Å²) in [6.45, 7) is 3.36. The van der Waals surface area contributed by atoms with Crippen LogP contribution in [0.3, 0.4) is 0 Å². The molecule has 0 spiro atoms. The van der Waals surface area contributed by atoms with Crippen molar-refractivity contribution < 1.29 is 19.5 Å². The van der Waals surface area contributed by atoms with Gasteiger partial charge in [0.25, 0.3) is 5.91 Å². The molecule has 0 saturated carbocycles. The number of amides is 3. The molecule has 2 rings (SSSR count). The van der Waals surface area contributed by atoms with E-state index in [-0.39, 0.29) is 17.5 Å². The zero-order valence-corrected chi connectivity index (χ0v) is 15.8. The smallest absolute Gasteiger partial charge is 0.335 e. The highest BCUT2D eigenvalue weighted by Crippen LogP contribution is 2.06. The van der Waals surface area contributed by atoms with Gasteiger partial charge in [-0.15, -0.1) is 0 Å². The van der Waals surface area contributed by atoms with Gasteiger partial charge in [0.05, 0.1) is 5.56 Å². The summed E-state index contributed by atoms with van der Waals surface area (Å²) in [6, 6.07) is 13.1. The molecule has 0 atom stereocenters. The summed E-state index contributed by atoms with van der Waals surface area (Å²) < 4.78 is 0. The Bertz CT molecular complexity index is 801. The van der Waals surface area contributed by atoms with Crippen LogP contribution in [-0.4, -0.2) is 29.6 Å². The standard InChI is InChI=1S/C21H25N3O4/c1-2-3-12-22-19(25)17-8-4-15(5-9-17)13-23-21(28)24-14-16-6-10-18(11-7-16)20(26)27/h4-11H,2-3,12-14H2,1H3,(H,22,25)(H,26,27)(H2,23,24,28). The number of hydrogen-bond acceptors (Lipinski definition) is 3. The Morgan fingerprint density at radius 1 is 0.786 bits per heavy atom. The third-order valence-corrected chi connectivity index (χ3v) is 4.14. The Kier molecular flexibility index (Phi) is 8.02. The highest BCUT2D eigenvalue weighted by atomic mass is 16.4. The van der Waals surface area contributed by atoms with Crippen molar-refractivity contribution in [3.63, 3.8) is 0 Å². The minimum absolute atomic E-state index is 0.0976. The highest BCUT2D eigenvalue weighted by Gasteiger charge is 2.06. The van der Waals surface area contributed by atoms with Gasteiger partial charge < -0.3 is 21.1 Å². The molecule has 7 heteroatoms. The first kappa shape index (κ1) is 21.0. The quantitative estimate of drug-likeness (QED) is 0.499. The molecule has 2 aromatic carbocycles. The number of rotatable bonds is 9. The van der Waals surface area contributed by atoms with Gasteiger partial charge in [-0.1, -0.05) is 37.6 Å². The Labute approximate surface area is 164 Å². The fourth-order valence-electron chi connectivity index (χ4n) is 2.45. The summed E-state index contributed by atoms with van der Waals surface area (Å²) in [5, 5.41) is 17.2. The maximum atomic E-state index is 12.0. The van der Waals surface area contributed by atoms with Gasteiger partial charge in [0.15, 0.2) is 0 Å². The van der Waals surface area contributed by atoms with Gasteiger partial charge in [-0.25, -0.2) is 9.59 Å². The van der Waals surface area contributed by atoms with E-state index in [0.29, 0.717) is 25.2 Å². The summed E-state index contributed by atoms with van der Waals surface area (Å²) in [5.41, 5.74) is 2.48. The number of hydrogen-bond donors (Lipinski definition) is 4. The van der Waals surface area contributed by atoms with Crippen LogP contribution < -0.4 is 16.0 Å². The second-order valence-electron chi connectivity index (χ2n) is 6.34. The number of benzene rings is 2. The van der Waals surface area contributed by atoms with E-state index in [1.54, 1.807) is 36.4 Å². The van der Waals surface area contributed by atoms with Crippen molar-refractivity contribution >= 4 is 17.9 Å². The Morgan fingerprint density at radius 2 is 1.29 bits per heavy atom.